The van der Waals surface area contributed by atoms with Crippen molar-refractivity contribution in [1.29, 1.82) is 0 Å². The Hall–Kier alpha value is -3.67. The van der Waals surface area contributed by atoms with Gasteiger partial charge in [-0.2, -0.15) is 0 Å². The van der Waals surface area contributed by atoms with Crippen molar-refractivity contribution in [2.24, 2.45) is 0 Å². The van der Waals surface area contributed by atoms with Gasteiger partial charge in [0.2, 0.25) is 15.9 Å². The number of amides is 1. The van der Waals surface area contributed by atoms with Crippen molar-refractivity contribution in [1.82, 2.24) is 4.57 Å². The van der Waals surface area contributed by atoms with Gasteiger partial charge in [0.05, 0.1) is 22.3 Å². The molecular formula is C20H22N4O7S. The Labute approximate surface area is 183 Å². The molecule has 0 saturated heterocycles. The van der Waals surface area contributed by atoms with E-state index in [1.165, 1.54) is 22.8 Å². The molecule has 0 radical (unpaired) electrons. The van der Waals surface area contributed by atoms with Gasteiger partial charge in [-0.15, -0.1) is 0 Å². The van der Waals surface area contributed by atoms with Crippen LogP contribution in [0.3, 0.4) is 0 Å². The SMILES string of the molecule is CCCS(=O)(=O)Nc1ccc(NC(=O)CCCn2c(=O)oc3cc([N+](=O)[O-])ccc32)cc1. The van der Waals surface area contributed by atoms with Crippen molar-refractivity contribution in [3.8, 4) is 0 Å². The normalized spacial score (nSPS) is 11.4. The number of sulfonamides is 1. The van der Waals surface area contributed by atoms with E-state index in [1.54, 1.807) is 31.2 Å². The lowest BCUT2D eigenvalue weighted by Crippen LogP contribution is -2.17. The lowest BCUT2D eigenvalue weighted by Gasteiger charge is -2.09. The van der Waals surface area contributed by atoms with E-state index in [9.17, 15) is 28.1 Å². The first-order valence-corrected chi connectivity index (χ1v) is 11.5. The highest BCUT2D eigenvalue weighted by atomic mass is 32.2. The van der Waals surface area contributed by atoms with Gasteiger partial charge in [0.15, 0.2) is 5.58 Å². The van der Waals surface area contributed by atoms with Crippen molar-refractivity contribution in [2.45, 2.75) is 32.7 Å². The molecule has 0 atom stereocenters. The summed E-state index contributed by atoms with van der Waals surface area (Å²) in [6.45, 7) is 1.98. The molecule has 2 N–H and O–H groups in total. The maximum Gasteiger partial charge on any atom is 0.419 e. The van der Waals surface area contributed by atoms with Gasteiger partial charge in [-0.05, 0) is 43.2 Å². The number of hydrogen-bond acceptors (Lipinski definition) is 7. The number of oxazole rings is 1. The molecule has 0 aliphatic carbocycles. The number of hydrogen-bond donors (Lipinski definition) is 2. The predicted octanol–water partition coefficient (Wildman–Crippen LogP) is 3.07. The van der Waals surface area contributed by atoms with E-state index in [2.05, 4.69) is 10.0 Å². The number of carbonyl (C=O) groups excluding carboxylic acids is 1. The number of nitrogens with one attached hydrogen (secondary N) is 2. The molecule has 3 rings (SSSR count). The standard InChI is InChI=1S/C20H22N4O7S/c1-2-12-32(29,30)22-15-7-5-14(6-8-15)21-19(25)4-3-11-23-17-10-9-16(24(27)28)13-18(17)31-20(23)26/h5-10,13,22H,2-4,11-12H2,1H3,(H,21,25). The topological polar surface area (TPSA) is 154 Å². The zero-order chi connectivity index (χ0) is 23.3. The minimum atomic E-state index is -3.39. The van der Waals surface area contributed by atoms with Gasteiger partial charge in [0.1, 0.15) is 0 Å². The maximum absolute atomic E-state index is 12.2. The van der Waals surface area contributed by atoms with Crippen molar-refractivity contribution in [2.75, 3.05) is 15.8 Å². The van der Waals surface area contributed by atoms with Crippen LogP contribution >= 0.6 is 0 Å². The second-order valence-electron chi connectivity index (χ2n) is 7.08. The summed E-state index contributed by atoms with van der Waals surface area (Å²) in [6, 6.07) is 10.2. The summed E-state index contributed by atoms with van der Waals surface area (Å²) in [5.74, 6) is -0.903. The van der Waals surface area contributed by atoms with Gasteiger partial charge < -0.3 is 9.73 Å². The maximum atomic E-state index is 12.2. The van der Waals surface area contributed by atoms with Crippen LogP contribution < -0.4 is 15.8 Å². The third-order valence-corrected chi connectivity index (χ3v) is 6.06. The molecule has 0 spiro atoms. The smallest absolute Gasteiger partial charge is 0.407 e. The zero-order valence-electron chi connectivity index (χ0n) is 17.2. The van der Waals surface area contributed by atoms with E-state index in [0.717, 1.165) is 0 Å². The number of carbonyl (C=O) groups is 1. The van der Waals surface area contributed by atoms with Gasteiger partial charge in [0.25, 0.3) is 5.69 Å². The van der Waals surface area contributed by atoms with Crippen LogP contribution in [0.4, 0.5) is 17.1 Å². The Morgan fingerprint density at radius 3 is 2.50 bits per heavy atom. The lowest BCUT2D eigenvalue weighted by atomic mass is 10.2. The number of benzene rings is 2. The Kier molecular flexibility index (Phi) is 6.93. The number of aryl methyl sites for hydroxylation is 1. The average Bonchev–Trinajstić information content (AvgIpc) is 3.03. The lowest BCUT2D eigenvalue weighted by molar-refractivity contribution is -0.384. The van der Waals surface area contributed by atoms with E-state index in [1.807, 2.05) is 0 Å². The van der Waals surface area contributed by atoms with Crippen LogP contribution in [-0.4, -0.2) is 29.6 Å². The molecule has 3 aromatic rings. The van der Waals surface area contributed by atoms with Gasteiger partial charge in [-0.25, -0.2) is 13.2 Å². The number of nitro benzene ring substituents is 1. The van der Waals surface area contributed by atoms with E-state index in [0.29, 0.717) is 29.7 Å². The van der Waals surface area contributed by atoms with Gasteiger partial charge in [-0.1, -0.05) is 6.92 Å². The largest absolute Gasteiger partial charge is 0.419 e. The summed E-state index contributed by atoms with van der Waals surface area (Å²) in [5.41, 5.74) is 1.27. The van der Waals surface area contributed by atoms with E-state index >= 15 is 0 Å². The Morgan fingerprint density at radius 2 is 1.84 bits per heavy atom. The van der Waals surface area contributed by atoms with Crippen molar-refractivity contribution < 1.29 is 22.6 Å². The highest BCUT2D eigenvalue weighted by molar-refractivity contribution is 7.92. The molecule has 32 heavy (non-hydrogen) atoms. The van der Waals surface area contributed by atoms with Crippen LogP contribution in [-0.2, 0) is 21.4 Å². The van der Waals surface area contributed by atoms with Crippen LogP contribution in [0.15, 0.2) is 51.7 Å². The first-order chi connectivity index (χ1) is 15.2. The molecule has 0 aliphatic rings. The van der Waals surface area contributed by atoms with Gasteiger partial charge >= 0.3 is 5.76 Å². The van der Waals surface area contributed by atoms with Crippen LogP contribution in [0.2, 0.25) is 0 Å². The number of aromatic nitrogens is 1. The molecule has 0 saturated carbocycles. The fraction of sp³-hybridized carbons (Fsp3) is 0.300. The molecule has 1 amide bonds. The summed E-state index contributed by atoms with van der Waals surface area (Å²) in [6.07, 6.45) is 0.966. The Bertz CT molecular complexity index is 1290. The molecule has 1 aromatic heterocycles. The number of nitro groups is 1. The fourth-order valence-corrected chi connectivity index (χ4v) is 4.26. The summed E-state index contributed by atoms with van der Waals surface area (Å²) in [4.78, 5) is 34.5. The van der Waals surface area contributed by atoms with E-state index < -0.39 is 20.7 Å². The second-order valence-corrected chi connectivity index (χ2v) is 8.92. The second kappa shape index (κ2) is 9.64. The molecule has 0 fully saturated rings. The van der Waals surface area contributed by atoms with Gasteiger partial charge in [-0.3, -0.25) is 24.2 Å². The van der Waals surface area contributed by atoms with Crippen molar-refractivity contribution in [3.05, 3.63) is 63.1 Å². The van der Waals surface area contributed by atoms with Crippen LogP contribution in [0.1, 0.15) is 26.2 Å². The summed E-state index contributed by atoms with van der Waals surface area (Å²) >= 11 is 0. The average molecular weight is 462 g/mol. The summed E-state index contributed by atoms with van der Waals surface area (Å²) in [5, 5.41) is 13.6. The van der Waals surface area contributed by atoms with Crippen LogP contribution in [0.25, 0.3) is 11.1 Å². The first kappa shape index (κ1) is 23.0. The number of anilines is 2. The number of non-ortho nitro benzene ring substituents is 1. The zero-order valence-corrected chi connectivity index (χ0v) is 18.1. The minimum absolute atomic E-state index is 0.0252. The minimum Gasteiger partial charge on any atom is -0.407 e. The monoisotopic (exact) mass is 462 g/mol. The third-order valence-electron chi connectivity index (χ3n) is 4.56. The molecule has 12 heteroatoms. The quantitative estimate of drug-likeness (QED) is 0.347. The molecule has 11 nitrogen and oxygen atoms in total. The number of rotatable bonds is 10. The van der Waals surface area contributed by atoms with Crippen molar-refractivity contribution in [3.63, 3.8) is 0 Å². The summed E-state index contributed by atoms with van der Waals surface area (Å²) < 4.78 is 32.4. The van der Waals surface area contributed by atoms with Crippen molar-refractivity contribution >= 4 is 44.1 Å². The highest BCUT2D eigenvalue weighted by Crippen LogP contribution is 2.20. The fourth-order valence-electron chi connectivity index (χ4n) is 3.12. The number of nitrogens with zero attached hydrogens (tertiary/aromatic N) is 2. The Morgan fingerprint density at radius 1 is 1.16 bits per heavy atom. The Balaban J connectivity index is 1.55. The molecule has 0 aliphatic heterocycles. The van der Waals surface area contributed by atoms with E-state index in [-0.39, 0.29) is 35.9 Å². The van der Waals surface area contributed by atoms with Crippen LogP contribution in [0.5, 0.6) is 0 Å². The molecular weight excluding hydrogens is 440 g/mol. The molecule has 0 bridgehead atoms. The molecule has 0 unspecified atom stereocenters. The number of fused-ring (bicyclic) bond motifs is 1. The van der Waals surface area contributed by atoms with E-state index in [4.69, 9.17) is 4.42 Å². The molecule has 2 aromatic carbocycles. The van der Waals surface area contributed by atoms with Gasteiger partial charge in [0, 0.05) is 30.4 Å². The highest BCUT2D eigenvalue weighted by Gasteiger charge is 2.14. The first-order valence-electron chi connectivity index (χ1n) is 9.86. The summed E-state index contributed by atoms with van der Waals surface area (Å²) in [7, 11) is -3.39. The molecule has 1 heterocycles. The van der Waals surface area contributed by atoms with Crippen LogP contribution in [0, 0.1) is 10.1 Å². The third kappa shape index (κ3) is 5.72. The predicted molar refractivity (Wildman–Crippen MR) is 119 cm³/mol. The molecule has 170 valence electrons.